The Kier molecular flexibility index (Phi) is 9.80. The molecule has 1 aliphatic rings. The highest BCUT2D eigenvalue weighted by molar-refractivity contribution is 5.85. The Hall–Kier alpha value is -2.85. The summed E-state index contributed by atoms with van der Waals surface area (Å²) >= 11 is 0. The van der Waals surface area contributed by atoms with Crippen molar-refractivity contribution >= 4 is 10.8 Å². The summed E-state index contributed by atoms with van der Waals surface area (Å²) in [6.07, 6.45) is 17.8. The van der Waals surface area contributed by atoms with Crippen LogP contribution in [0.3, 0.4) is 0 Å². The lowest BCUT2D eigenvalue weighted by molar-refractivity contribution is 0.312. The lowest BCUT2D eigenvalue weighted by Crippen LogP contribution is -2.13. The first-order chi connectivity index (χ1) is 17.7. The van der Waals surface area contributed by atoms with Gasteiger partial charge in [-0.1, -0.05) is 80.5 Å². The van der Waals surface area contributed by atoms with Crippen molar-refractivity contribution in [3.63, 3.8) is 0 Å². The van der Waals surface area contributed by atoms with Gasteiger partial charge in [-0.25, -0.2) is 4.39 Å². The van der Waals surface area contributed by atoms with Crippen LogP contribution in [-0.4, -0.2) is 0 Å². The van der Waals surface area contributed by atoms with Gasteiger partial charge in [0.1, 0.15) is 5.82 Å². The second-order valence-electron chi connectivity index (χ2n) is 10.5. The number of benzene rings is 3. The van der Waals surface area contributed by atoms with E-state index in [-0.39, 0.29) is 5.82 Å². The summed E-state index contributed by atoms with van der Waals surface area (Å²) in [5.74, 6) is 8.12. The van der Waals surface area contributed by atoms with Crippen molar-refractivity contribution in [1.82, 2.24) is 0 Å². The first kappa shape index (κ1) is 26.2. The predicted molar refractivity (Wildman–Crippen MR) is 153 cm³/mol. The Morgan fingerprint density at radius 2 is 1.61 bits per heavy atom. The van der Waals surface area contributed by atoms with Crippen LogP contribution in [0.1, 0.15) is 106 Å². The zero-order valence-corrected chi connectivity index (χ0v) is 22.2. The van der Waals surface area contributed by atoms with Crippen LogP contribution in [0, 0.1) is 23.6 Å². The summed E-state index contributed by atoms with van der Waals surface area (Å²) < 4.78 is 15.0. The molecule has 0 aliphatic heterocycles. The van der Waals surface area contributed by atoms with Gasteiger partial charge in [-0.3, -0.25) is 0 Å². The molecule has 3 aromatic rings. The van der Waals surface area contributed by atoms with E-state index in [1.807, 2.05) is 30.3 Å². The number of hydrogen-bond donors (Lipinski definition) is 0. The van der Waals surface area contributed by atoms with Gasteiger partial charge in [-0.2, -0.15) is 0 Å². The Morgan fingerprint density at radius 1 is 0.861 bits per heavy atom. The molecular weight excluding hydrogens is 439 g/mol. The largest absolute Gasteiger partial charge is 0.206 e. The molecule has 0 atom stereocenters. The molecule has 0 saturated heterocycles. The third kappa shape index (κ3) is 7.10. The fourth-order valence-electron chi connectivity index (χ4n) is 5.62. The van der Waals surface area contributed by atoms with Gasteiger partial charge < -0.3 is 0 Å². The average Bonchev–Trinajstić information content (AvgIpc) is 2.92. The van der Waals surface area contributed by atoms with E-state index < -0.39 is 0 Å². The quantitative estimate of drug-likeness (QED) is 0.162. The van der Waals surface area contributed by atoms with E-state index in [0.717, 1.165) is 40.8 Å². The molecule has 3 aromatic carbocycles. The summed E-state index contributed by atoms with van der Waals surface area (Å²) in [6, 6.07) is 18.7. The lowest BCUT2D eigenvalue weighted by atomic mass is 9.77. The number of allylic oxidation sites excluding steroid dienone is 2. The van der Waals surface area contributed by atoms with E-state index >= 15 is 4.39 Å². The second kappa shape index (κ2) is 13.5. The zero-order chi connectivity index (χ0) is 25.2. The van der Waals surface area contributed by atoms with Crippen molar-refractivity contribution in [2.24, 2.45) is 5.92 Å². The minimum Gasteiger partial charge on any atom is -0.206 e. The van der Waals surface area contributed by atoms with E-state index in [1.165, 1.54) is 63.4 Å². The average molecular weight is 481 g/mol. The van der Waals surface area contributed by atoms with Crippen LogP contribution in [0.2, 0.25) is 0 Å². The van der Waals surface area contributed by atoms with E-state index in [0.29, 0.717) is 11.3 Å². The van der Waals surface area contributed by atoms with Crippen molar-refractivity contribution in [2.45, 2.75) is 90.4 Å². The van der Waals surface area contributed by atoms with E-state index in [1.54, 1.807) is 0 Å². The maximum Gasteiger partial charge on any atom is 0.134 e. The fourth-order valence-corrected chi connectivity index (χ4v) is 5.62. The number of rotatable bonds is 9. The molecule has 0 bridgehead atoms. The summed E-state index contributed by atoms with van der Waals surface area (Å²) in [4.78, 5) is 0. The molecule has 1 fully saturated rings. The minimum atomic E-state index is -0.0640. The Balaban J connectivity index is 1.36. The van der Waals surface area contributed by atoms with Gasteiger partial charge in [0.15, 0.2) is 0 Å². The third-order valence-electron chi connectivity index (χ3n) is 7.89. The summed E-state index contributed by atoms with van der Waals surface area (Å²) in [7, 11) is 0. The van der Waals surface area contributed by atoms with Gasteiger partial charge in [0.25, 0.3) is 0 Å². The van der Waals surface area contributed by atoms with Gasteiger partial charge >= 0.3 is 0 Å². The first-order valence-electron chi connectivity index (χ1n) is 14.1. The SMILES string of the molecule is C/C=C/CCC1CCC(c2ccc(C#Cc3ccc4c(F)c(CCCCCC)ccc4c3)cc2)CC1. The van der Waals surface area contributed by atoms with E-state index in [2.05, 4.69) is 62.1 Å². The lowest BCUT2D eigenvalue weighted by Gasteiger charge is -2.28. The molecule has 1 aliphatic carbocycles. The zero-order valence-electron chi connectivity index (χ0n) is 22.2. The van der Waals surface area contributed by atoms with Crippen LogP contribution >= 0.6 is 0 Å². The Bertz CT molecular complexity index is 1200. The van der Waals surface area contributed by atoms with Crippen molar-refractivity contribution in [2.75, 3.05) is 0 Å². The molecule has 36 heavy (non-hydrogen) atoms. The Labute approximate surface area is 218 Å². The highest BCUT2D eigenvalue weighted by Gasteiger charge is 2.21. The monoisotopic (exact) mass is 480 g/mol. The molecule has 1 heteroatoms. The molecule has 1 saturated carbocycles. The number of halogens is 1. The number of fused-ring (bicyclic) bond motifs is 1. The van der Waals surface area contributed by atoms with E-state index in [4.69, 9.17) is 0 Å². The summed E-state index contributed by atoms with van der Waals surface area (Å²) in [5, 5.41) is 1.63. The first-order valence-corrected chi connectivity index (χ1v) is 14.1. The van der Waals surface area contributed by atoms with Crippen LogP contribution in [-0.2, 0) is 6.42 Å². The molecule has 0 nitrogen and oxygen atoms in total. The molecule has 0 spiro atoms. The van der Waals surface area contributed by atoms with Crippen LogP contribution in [0.5, 0.6) is 0 Å². The molecule has 0 radical (unpaired) electrons. The molecule has 0 amide bonds. The van der Waals surface area contributed by atoms with Crippen molar-refractivity contribution in [3.8, 4) is 11.8 Å². The van der Waals surface area contributed by atoms with E-state index in [9.17, 15) is 0 Å². The van der Waals surface area contributed by atoms with Gasteiger partial charge in [0.2, 0.25) is 0 Å². The smallest absolute Gasteiger partial charge is 0.134 e. The summed E-state index contributed by atoms with van der Waals surface area (Å²) in [6.45, 7) is 4.31. The molecule has 0 N–H and O–H groups in total. The van der Waals surface area contributed by atoms with Crippen LogP contribution < -0.4 is 0 Å². The van der Waals surface area contributed by atoms with Crippen molar-refractivity contribution in [1.29, 1.82) is 0 Å². The normalized spacial score (nSPS) is 17.9. The van der Waals surface area contributed by atoms with Crippen LogP contribution in [0.4, 0.5) is 4.39 Å². The molecule has 0 aromatic heterocycles. The Morgan fingerprint density at radius 3 is 2.36 bits per heavy atom. The predicted octanol–water partition coefficient (Wildman–Crippen LogP) is 10.1. The minimum absolute atomic E-state index is 0.0640. The standard InChI is InChI=1S/C35H41F/c1-3-5-7-9-11-32-23-24-33-26-29(18-25-34(33)35(32)36)13-12-28-16-21-31(22-17-28)30-19-14-27(15-20-30)10-8-6-4-2/h4,6,16-18,21-27,30H,3,5,7-11,14-15,19-20H2,1-2H3/b6-4+. The van der Waals surface area contributed by atoms with Gasteiger partial charge in [0, 0.05) is 16.5 Å². The number of hydrogen-bond acceptors (Lipinski definition) is 0. The number of unbranched alkanes of at least 4 members (excludes halogenated alkanes) is 3. The van der Waals surface area contributed by atoms with Crippen LogP contribution in [0.25, 0.3) is 10.8 Å². The highest BCUT2D eigenvalue weighted by atomic mass is 19.1. The van der Waals surface area contributed by atoms with Gasteiger partial charge in [0.05, 0.1) is 0 Å². The third-order valence-corrected chi connectivity index (χ3v) is 7.89. The van der Waals surface area contributed by atoms with Gasteiger partial charge in [-0.05, 0) is 111 Å². The topological polar surface area (TPSA) is 0 Å². The molecule has 4 rings (SSSR count). The molecule has 188 valence electrons. The molecular formula is C35H41F. The number of aryl methyl sites for hydroxylation is 1. The fraction of sp³-hybridized carbons (Fsp3) is 0.429. The highest BCUT2D eigenvalue weighted by Crippen LogP contribution is 2.37. The van der Waals surface area contributed by atoms with Crippen molar-refractivity contribution in [3.05, 3.63) is 94.8 Å². The molecule has 0 unspecified atom stereocenters. The second-order valence-corrected chi connectivity index (χ2v) is 10.5. The van der Waals surface area contributed by atoms with Crippen molar-refractivity contribution < 1.29 is 4.39 Å². The summed E-state index contributed by atoms with van der Waals surface area (Å²) in [5.41, 5.74) is 4.25. The molecule has 0 heterocycles. The maximum absolute atomic E-state index is 15.0. The van der Waals surface area contributed by atoms with Gasteiger partial charge in [-0.15, -0.1) is 0 Å². The maximum atomic E-state index is 15.0. The van der Waals surface area contributed by atoms with Crippen LogP contribution in [0.15, 0.2) is 66.7 Å².